The second kappa shape index (κ2) is 6.77. The predicted molar refractivity (Wildman–Crippen MR) is 85.5 cm³/mol. The summed E-state index contributed by atoms with van der Waals surface area (Å²) in [7, 11) is 1.56. The highest BCUT2D eigenvalue weighted by molar-refractivity contribution is 9.11. The van der Waals surface area contributed by atoms with Crippen molar-refractivity contribution in [2.75, 3.05) is 7.11 Å². The molecule has 21 heavy (non-hydrogen) atoms. The molecule has 0 aliphatic heterocycles. The van der Waals surface area contributed by atoms with Gasteiger partial charge in [0, 0.05) is 0 Å². The van der Waals surface area contributed by atoms with E-state index in [1.54, 1.807) is 25.3 Å². The Kier molecular flexibility index (Phi) is 5.24. The third-order valence-electron chi connectivity index (χ3n) is 2.86. The zero-order chi connectivity index (χ0) is 15.6. The lowest BCUT2D eigenvalue weighted by atomic mass is 10.1. The molecular weight excluding hydrogens is 407 g/mol. The summed E-state index contributed by atoms with van der Waals surface area (Å²) in [5.74, 6) is 0.883. The summed E-state index contributed by atoms with van der Waals surface area (Å²) in [4.78, 5) is 0. The Morgan fingerprint density at radius 1 is 1.10 bits per heavy atom. The quantitative estimate of drug-likeness (QED) is 0.739. The first kappa shape index (κ1) is 16.3. The van der Waals surface area contributed by atoms with E-state index in [1.165, 1.54) is 19.1 Å². The summed E-state index contributed by atoms with van der Waals surface area (Å²) >= 11 is 6.75. The van der Waals surface area contributed by atoms with Crippen LogP contribution in [-0.4, -0.2) is 12.2 Å². The molecule has 0 amide bonds. The Morgan fingerprint density at radius 3 is 2.33 bits per heavy atom. The van der Waals surface area contributed by atoms with Gasteiger partial charge in [0.1, 0.15) is 23.1 Å². The van der Waals surface area contributed by atoms with E-state index in [0.717, 1.165) is 0 Å². The molecule has 0 spiro atoms. The van der Waals surface area contributed by atoms with Crippen molar-refractivity contribution in [3.8, 4) is 17.2 Å². The summed E-state index contributed by atoms with van der Waals surface area (Å²) in [6, 6.07) is 7.87. The van der Waals surface area contributed by atoms with Crippen LogP contribution in [0.25, 0.3) is 0 Å². The molecule has 2 aromatic rings. The number of hydrogen-bond donors (Lipinski definition) is 1. The van der Waals surface area contributed by atoms with Gasteiger partial charge < -0.3 is 14.6 Å². The van der Waals surface area contributed by atoms with Crippen molar-refractivity contribution in [3.05, 3.63) is 50.7 Å². The lowest BCUT2D eigenvalue weighted by Gasteiger charge is -2.15. The molecule has 0 aromatic heterocycles. The minimum atomic E-state index is -0.971. The van der Waals surface area contributed by atoms with Crippen LogP contribution in [0.4, 0.5) is 4.39 Å². The number of halogens is 3. The van der Waals surface area contributed by atoms with Gasteiger partial charge in [0.2, 0.25) is 0 Å². The predicted octanol–water partition coefficient (Wildman–Crippen LogP) is 5.20. The van der Waals surface area contributed by atoms with Gasteiger partial charge >= 0.3 is 0 Å². The van der Waals surface area contributed by atoms with Crippen LogP contribution in [0.15, 0.2) is 39.3 Å². The van der Waals surface area contributed by atoms with Crippen molar-refractivity contribution in [2.45, 2.75) is 13.0 Å². The van der Waals surface area contributed by atoms with Crippen LogP contribution in [0.2, 0.25) is 0 Å². The minimum absolute atomic E-state index is 0.122. The summed E-state index contributed by atoms with van der Waals surface area (Å²) in [6.45, 7) is 1.49. The summed E-state index contributed by atoms with van der Waals surface area (Å²) in [6.07, 6.45) is -0.971. The minimum Gasteiger partial charge on any atom is -0.496 e. The van der Waals surface area contributed by atoms with Gasteiger partial charge in [0.25, 0.3) is 0 Å². The zero-order valence-electron chi connectivity index (χ0n) is 11.4. The van der Waals surface area contributed by atoms with E-state index in [4.69, 9.17) is 9.47 Å². The van der Waals surface area contributed by atoms with E-state index >= 15 is 0 Å². The second-order valence-electron chi connectivity index (χ2n) is 4.35. The molecule has 0 saturated carbocycles. The number of methoxy groups -OCH3 is 1. The van der Waals surface area contributed by atoms with Crippen molar-refractivity contribution >= 4 is 31.9 Å². The van der Waals surface area contributed by atoms with Gasteiger partial charge in [-0.3, -0.25) is 0 Å². The fourth-order valence-electron chi connectivity index (χ4n) is 1.88. The fourth-order valence-corrected chi connectivity index (χ4v) is 2.76. The molecule has 0 saturated heterocycles. The molecule has 6 heteroatoms. The molecule has 2 aromatic carbocycles. The van der Waals surface area contributed by atoms with E-state index in [9.17, 15) is 9.50 Å². The fraction of sp³-hybridized carbons (Fsp3) is 0.200. The summed E-state index contributed by atoms with van der Waals surface area (Å²) in [5.41, 5.74) is 0.122. The molecule has 0 heterocycles. The number of rotatable bonds is 4. The Hall–Kier alpha value is -1.11. The number of ether oxygens (including phenoxy) is 2. The van der Waals surface area contributed by atoms with Crippen LogP contribution < -0.4 is 9.47 Å². The molecule has 1 N–H and O–H groups in total. The van der Waals surface area contributed by atoms with Crippen molar-refractivity contribution < 1.29 is 19.0 Å². The maximum Gasteiger partial charge on any atom is 0.143 e. The summed E-state index contributed by atoms with van der Waals surface area (Å²) < 4.78 is 26.1. The van der Waals surface area contributed by atoms with Crippen LogP contribution in [-0.2, 0) is 0 Å². The highest BCUT2D eigenvalue weighted by Gasteiger charge is 2.17. The van der Waals surface area contributed by atoms with E-state index in [2.05, 4.69) is 31.9 Å². The molecule has 3 nitrogen and oxygen atoms in total. The number of aliphatic hydroxyl groups excluding tert-OH is 1. The molecule has 0 unspecified atom stereocenters. The van der Waals surface area contributed by atoms with Crippen molar-refractivity contribution in [1.29, 1.82) is 0 Å². The maximum absolute atomic E-state index is 13.8. The first-order valence-corrected chi connectivity index (χ1v) is 7.70. The van der Waals surface area contributed by atoms with Crippen LogP contribution in [0.5, 0.6) is 17.2 Å². The lowest BCUT2D eigenvalue weighted by molar-refractivity contribution is 0.190. The Morgan fingerprint density at radius 2 is 1.71 bits per heavy atom. The van der Waals surface area contributed by atoms with Crippen LogP contribution in [0, 0.1) is 5.82 Å². The standard InChI is InChI=1S/C15H13Br2FO3/c1-8(19)15-11(18)4-3-5-12(15)21-14-7-9(16)13(20-2)6-10(14)17/h3-8,19H,1-2H3/t8-/m1/s1. The van der Waals surface area contributed by atoms with Gasteiger partial charge in [-0.25, -0.2) is 4.39 Å². The number of benzene rings is 2. The van der Waals surface area contributed by atoms with Gasteiger partial charge in [-0.2, -0.15) is 0 Å². The van der Waals surface area contributed by atoms with Crippen molar-refractivity contribution in [3.63, 3.8) is 0 Å². The van der Waals surface area contributed by atoms with E-state index in [0.29, 0.717) is 20.4 Å². The van der Waals surface area contributed by atoms with E-state index in [1.807, 2.05) is 0 Å². The van der Waals surface area contributed by atoms with Crippen molar-refractivity contribution in [1.82, 2.24) is 0 Å². The Balaban J connectivity index is 2.44. The third kappa shape index (κ3) is 3.56. The maximum atomic E-state index is 13.8. The van der Waals surface area contributed by atoms with Crippen LogP contribution >= 0.6 is 31.9 Å². The average molecular weight is 420 g/mol. The second-order valence-corrected chi connectivity index (χ2v) is 6.06. The van der Waals surface area contributed by atoms with Crippen LogP contribution in [0.3, 0.4) is 0 Å². The van der Waals surface area contributed by atoms with E-state index < -0.39 is 11.9 Å². The first-order chi connectivity index (χ1) is 9.93. The normalized spacial score (nSPS) is 12.1. The topological polar surface area (TPSA) is 38.7 Å². The third-order valence-corrected chi connectivity index (χ3v) is 4.10. The molecule has 0 radical (unpaired) electrons. The van der Waals surface area contributed by atoms with Gasteiger partial charge in [-0.15, -0.1) is 0 Å². The van der Waals surface area contributed by atoms with Crippen molar-refractivity contribution in [2.24, 2.45) is 0 Å². The SMILES string of the molecule is COc1cc(Br)c(Oc2cccc(F)c2[C@@H](C)O)cc1Br. The molecule has 2 rings (SSSR count). The first-order valence-electron chi connectivity index (χ1n) is 6.11. The van der Waals surface area contributed by atoms with Gasteiger partial charge in [0.05, 0.1) is 27.7 Å². The largest absolute Gasteiger partial charge is 0.496 e. The number of aliphatic hydroxyl groups is 1. The van der Waals surface area contributed by atoms with Gasteiger partial charge in [0.15, 0.2) is 0 Å². The molecule has 112 valence electrons. The molecule has 1 atom stereocenters. The number of hydrogen-bond acceptors (Lipinski definition) is 3. The highest BCUT2D eigenvalue weighted by Crippen LogP contribution is 2.40. The molecule has 0 aliphatic rings. The highest BCUT2D eigenvalue weighted by atomic mass is 79.9. The summed E-state index contributed by atoms with van der Waals surface area (Å²) in [5, 5.41) is 9.71. The Bertz CT molecular complexity index is 660. The zero-order valence-corrected chi connectivity index (χ0v) is 14.5. The molecule has 0 aliphatic carbocycles. The monoisotopic (exact) mass is 418 g/mol. The van der Waals surface area contributed by atoms with Crippen LogP contribution in [0.1, 0.15) is 18.6 Å². The molecule has 0 bridgehead atoms. The Labute approximate surface area is 139 Å². The van der Waals surface area contributed by atoms with E-state index in [-0.39, 0.29) is 11.3 Å². The average Bonchev–Trinajstić information content (AvgIpc) is 2.42. The molecular formula is C15H13Br2FO3. The molecule has 0 fully saturated rings. The smallest absolute Gasteiger partial charge is 0.143 e. The van der Waals surface area contributed by atoms with Gasteiger partial charge in [-0.1, -0.05) is 6.07 Å². The lowest BCUT2D eigenvalue weighted by Crippen LogP contribution is -2.00. The van der Waals surface area contributed by atoms with Gasteiger partial charge in [-0.05, 0) is 63.0 Å².